The summed E-state index contributed by atoms with van der Waals surface area (Å²) in [4.78, 5) is 11.0. The zero-order chi connectivity index (χ0) is 16.7. The Labute approximate surface area is 139 Å². The Morgan fingerprint density at radius 2 is 1.78 bits per heavy atom. The van der Waals surface area contributed by atoms with Crippen LogP contribution in [0.4, 0.5) is 0 Å². The number of carbonyl (C=O) groups excluding carboxylic acids is 1. The van der Waals surface area contributed by atoms with E-state index in [4.69, 9.17) is 21.1 Å². The van der Waals surface area contributed by atoms with Gasteiger partial charge in [0.1, 0.15) is 25.1 Å². The molecule has 0 aliphatic rings. The molecule has 0 radical (unpaired) electrons. The van der Waals surface area contributed by atoms with Crippen molar-refractivity contribution in [2.45, 2.75) is 6.10 Å². The summed E-state index contributed by atoms with van der Waals surface area (Å²) < 4.78 is 10.4. The van der Waals surface area contributed by atoms with E-state index in [1.165, 1.54) is 0 Å². The summed E-state index contributed by atoms with van der Waals surface area (Å²) in [6.07, 6.45) is 0.110. The molecule has 120 valence electrons. The summed E-state index contributed by atoms with van der Waals surface area (Å²) in [5.74, 6) is 0.00946. The molecule has 1 atom stereocenters. The number of hydrogen-bond acceptors (Lipinski definition) is 4. The number of carbonyl (C=O) groups is 1. The first-order valence-electron chi connectivity index (χ1n) is 7.06. The fourth-order valence-electron chi connectivity index (χ4n) is 1.97. The van der Waals surface area contributed by atoms with E-state index < -0.39 is 12.1 Å². The summed E-state index contributed by atoms with van der Waals surface area (Å²) in [7, 11) is 0. The Kier molecular flexibility index (Phi) is 6.20. The molecule has 4 nitrogen and oxygen atoms in total. The fraction of sp³-hybridized carbons (Fsp3) is 0.167. The highest BCUT2D eigenvalue weighted by molar-refractivity contribution is 6.33. The van der Waals surface area contributed by atoms with Crippen molar-refractivity contribution in [3.63, 3.8) is 0 Å². The summed E-state index contributed by atoms with van der Waals surface area (Å²) >= 11 is 6.22. The van der Waals surface area contributed by atoms with E-state index in [0.717, 1.165) is 17.2 Å². The lowest BCUT2D eigenvalue weighted by molar-refractivity contribution is -0.141. The maximum absolute atomic E-state index is 11.0. The summed E-state index contributed by atoms with van der Waals surface area (Å²) in [6, 6.07) is 14.8. The number of aliphatic hydroxyl groups excluding tert-OH is 1. The van der Waals surface area contributed by atoms with Crippen LogP contribution in [0.15, 0.2) is 61.2 Å². The number of benzene rings is 2. The van der Waals surface area contributed by atoms with Crippen LogP contribution in [0.2, 0.25) is 5.02 Å². The van der Waals surface area contributed by atoms with Crippen LogP contribution in [0.3, 0.4) is 0 Å². The monoisotopic (exact) mass is 332 g/mol. The first-order chi connectivity index (χ1) is 11.1. The third-order valence-corrected chi connectivity index (χ3v) is 3.40. The van der Waals surface area contributed by atoms with E-state index in [2.05, 4.69) is 6.58 Å². The van der Waals surface area contributed by atoms with Crippen LogP contribution in [-0.4, -0.2) is 30.4 Å². The molecule has 1 N–H and O–H groups in total. The Balaban J connectivity index is 2.05. The number of hydrogen-bond donors (Lipinski definition) is 1. The standard InChI is InChI=1S/C18H17ClO4/c1-2-18(21)23-12-13(20)11-22-17-10-6-4-8-15(17)14-7-3-5-9-16(14)19/h2-10,13,20H,1,11-12H2. The van der Waals surface area contributed by atoms with E-state index in [0.29, 0.717) is 10.8 Å². The summed E-state index contributed by atoms with van der Waals surface area (Å²) in [6.45, 7) is 3.12. The van der Waals surface area contributed by atoms with Crippen molar-refractivity contribution in [2.24, 2.45) is 0 Å². The first kappa shape index (κ1) is 17.1. The molecule has 0 aliphatic heterocycles. The van der Waals surface area contributed by atoms with Gasteiger partial charge in [0.25, 0.3) is 0 Å². The highest BCUT2D eigenvalue weighted by Gasteiger charge is 2.12. The molecule has 5 heteroatoms. The molecule has 1 unspecified atom stereocenters. The van der Waals surface area contributed by atoms with Gasteiger partial charge in [-0.2, -0.15) is 0 Å². The zero-order valence-corrected chi connectivity index (χ0v) is 13.2. The first-order valence-corrected chi connectivity index (χ1v) is 7.43. The van der Waals surface area contributed by atoms with Crippen molar-refractivity contribution < 1.29 is 19.4 Å². The third kappa shape index (κ3) is 4.84. The summed E-state index contributed by atoms with van der Waals surface area (Å²) in [5, 5.41) is 10.4. The van der Waals surface area contributed by atoms with Gasteiger partial charge in [0, 0.05) is 22.2 Å². The van der Waals surface area contributed by atoms with E-state index in [1.807, 2.05) is 36.4 Å². The molecular weight excluding hydrogens is 316 g/mol. The molecular formula is C18H17ClO4. The lowest BCUT2D eigenvalue weighted by atomic mass is 10.0. The second-order valence-corrected chi connectivity index (χ2v) is 5.18. The van der Waals surface area contributed by atoms with Crippen molar-refractivity contribution in [1.82, 2.24) is 0 Å². The number of halogens is 1. The van der Waals surface area contributed by atoms with E-state index >= 15 is 0 Å². The van der Waals surface area contributed by atoms with Crippen molar-refractivity contribution in [1.29, 1.82) is 0 Å². The maximum atomic E-state index is 11.0. The number of aliphatic hydroxyl groups is 1. The predicted molar refractivity (Wildman–Crippen MR) is 89.5 cm³/mol. The number of rotatable bonds is 7. The highest BCUT2D eigenvalue weighted by Crippen LogP contribution is 2.34. The third-order valence-electron chi connectivity index (χ3n) is 3.07. The van der Waals surface area contributed by atoms with Gasteiger partial charge in [-0.05, 0) is 12.1 Å². The van der Waals surface area contributed by atoms with E-state index in [-0.39, 0.29) is 13.2 Å². The van der Waals surface area contributed by atoms with Crippen LogP contribution in [0.25, 0.3) is 11.1 Å². The number of esters is 1. The van der Waals surface area contributed by atoms with Crippen LogP contribution < -0.4 is 4.74 Å². The van der Waals surface area contributed by atoms with Crippen LogP contribution >= 0.6 is 11.6 Å². The quantitative estimate of drug-likeness (QED) is 0.623. The molecule has 0 saturated carbocycles. The summed E-state index contributed by atoms with van der Waals surface area (Å²) in [5.41, 5.74) is 1.67. The lowest BCUT2D eigenvalue weighted by Gasteiger charge is -2.15. The van der Waals surface area contributed by atoms with Crippen molar-refractivity contribution in [2.75, 3.05) is 13.2 Å². The van der Waals surface area contributed by atoms with E-state index in [9.17, 15) is 9.90 Å². The molecule has 0 heterocycles. The fourth-order valence-corrected chi connectivity index (χ4v) is 2.20. The van der Waals surface area contributed by atoms with Gasteiger partial charge >= 0.3 is 5.97 Å². The lowest BCUT2D eigenvalue weighted by Crippen LogP contribution is -2.24. The number of ether oxygens (including phenoxy) is 2. The molecule has 2 aromatic rings. The Bertz CT molecular complexity index is 684. The Hall–Kier alpha value is -2.30. The van der Waals surface area contributed by atoms with Gasteiger partial charge in [0.15, 0.2) is 0 Å². The van der Waals surface area contributed by atoms with Crippen molar-refractivity contribution in [3.05, 3.63) is 66.2 Å². The smallest absolute Gasteiger partial charge is 0.330 e. The molecule has 0 fully saturated rings. The Morgan fingerprint density at radius 3 is 2.48 bits per heavy atom. The molecule has 0 amide bonds. The molecule has 2 rings (SSSR count). The second kappa shape index (κ2) is 8.36. The topological polar surface area (TPSA) is 55.8 Å². The van der Waals surface area contributed by atoms with Gasteiger partial charge in [0.05, 0.1) is 0 Å². The number of para-hydroxylation sites is 1. The highest BCUT2D eigenvalue weighted by atomic mass is 35.5. The van der Waals surface area contributed by atoms with Crippen LogP contribution in [0.1, 0.15) is 0 Å². The van der Waals surface area contributed by atoms with Gasteiger partial charge in [-0.25, -0.2) is 4.79 Å². The molecule has 0 saturated heterocycles. The zero-order valence-electron chi connectivity index (χ0n) is 12.4. The molecule has 0 spiro atoms. The minimum Gasteiger partial charge on any atom is -0.490 e. The van der Waals surface area contributed by atoms with Gasteiger partial charge in [-0.1, -0.05) is 54.6 Å². The van der Waals surface area contributed by atoms with Gasteiger partial charge in [0.2, 0.25) is 0 Å². The maximum Gasteiger partial charge on any atom is 0.330 e. The van der Waals surface area contributed by atoms with Gasteiger partial charge in [-0.3, -0.25) is 0 Å². The average molecular weight is 333 g/mol. The normalized spacial score (nSPS) is 11.6. The molecule has 2 aromatic carbocycles. The van der Waals surface area contributed by atoms with Crippen LogP contribution in [0, 0.1) is 0 Å². The molecule has 0 bridgehead atoms. The SMILES string of the molecule is C=CC(=O)OCC(O)COc1ccccc1-c1ccccc1Cl. The van der Waals surface area contributed by atoms with Crippen molar-refractivity contribution >= 4 is 17.6 Å². The minimum absolute atomic E-state index is 0.00805. The largest absolute Gasteiger partial charge is 0.490 e. The van der Waals surface area contributed by atoms with Crippen molar-refractivity contribution in [3.8, 4) is 16.9 Å². The average Bonchev–Trinajstić information content (AvgIpc) is 2.58. The second-order valence-electron chi connectivity index (χ2n) is 4.77. The molecule has 23 heavy (non-hydrogen) atoms. The minimum atomic E-state index is -0.932. The van der Waals surface area contributed by atoms with Gasteiger partial charge < -0.3 is 14.6 Å². The predicted octanol–water partition coefficient (Wildman–Crippen LogP) is 3.48. The van der Waals surface area contributed by atoms with E-state index in [1.54, 1.807) is 12.1 Å². The van der Waals surface area contributed by atoms with Gasteiger partial charge in [-0.15, -0.1) is 0 Å². The van der Waals surface area contributed by atoms with Crippen LogP contribution in [-0.2, 0) is 9.53 Å². The molecule has 0 aromatic heterocycles. The van der Waals surface area contributed by atoms with Crippen LogP contribution in [0.5, 0.6) is 5.75 Å². The molecule has 0 aliphatic carbocycles. The Morgan fingerprint density at radius 1 is 1.13 bits per heavy atom.